The topological polar surface area (TPSA) is 83.3 Å². The Hall–Kier alpha value is -2.58. The predicted octanol–water partition coefficient (Wildman–Crippen LogP) is 2.47. The largest absolute Gasteiger partial charge is 0.454 e. The Labute approximate surface area is 167 Å². The van der Waals surface area contributed by atoms with Crippen molar-refractivity contribution in [3.05, 3.63) is 30.0 Å². The molecule has 1 spiro atoms. The van der Waals surface area contributed by atoms with Gasteiger partial charge in [-0.25, -0.2) is 0 Å². The molecule has 1 amide bonds. The summed E-state index contributed by atoms with van der Waals surface area (Å²) in [6, 6.07) is 7.52. The van der Waals surface area contributed by atoms with Gasteiger partial charge in [-0.05, 0) is 31.0 Å². The van der Waals surface area contributed by atoms with E-state index in [0.29, 0.717) is 43.5 Å². The van der Waals surface area contributed by atoms with Gasteiger partial charge in [0.05, 0.1) is 24.3 Å². The number of aromatic nitrogens is 1. The zero-order valence-corrected chi connectivity index (χ0v) is 16.0. The van der Waals surface area contributed by atoms with E-state index in [1.807, 2.05) is 29.2 Å². The van der Waals surface area contributed by atoms with Crippen LogP contribution in [0.1, 0.15) is 31.4 Å². The minimum atomic E-state index is -0.556. The maximum atomic E-state index is 13.3. The average Bonchev–Trinajstić information content (AvgIpc) is 3.13. The highest BCUT2D eigenvalue weighted by Gasteiger charge is 2.56. The quantitative estimate of drug-likeness (QED) is 0.785. The molecule has 8 heteroatoms. The van der Waals surface area contributed by atoms with Gasteiger partial charge >= 0.3 is 0 Å². The summed E-state index contributed by atoms with van der Waals surface area (Å²) in [5.74, 6) is 1.70. The second-order valence-corrected chi connectivity index (χ2v) is 8.13. The Kier molecular flexibility index (Phi) is 3.70. The number of rotatable bonds is 3. The first kappa shape index (κ1) is 17.3. The number of carbonyl (C=O) groups is 1. The number of nitrogens with zero attached hydrogens (tertiary/aromatic N) is 2. The molecular weight excluding hydrogens is 376 g/mol. The van der Waals surface area contributed by atoms with Crippen molar-refractivity contribution < 1.29 is 28.3 Å². The van der Waals surface area contributed by atoms with Crippen molar-refractivity contribution in [3.8, 4) is 22.8 Å². The van der Waals surface area contributed by atoms with Gasteiger partial charge in [-0.1, -0.05) is 5.16 Å². The number of amides is 1. The molecule has 0 atom stereocenters. The Morgan fingerprint density at radius 2 is 1.72 bits per heavy atom. The van der Waals surface area contributed by atoms with Crippen LogP contribution in [0.2, 0.25) is 0 Å². The SMILES string of the molecule is O=C(N1CCC2(CC1)OCCO2)C1(c2cc(-c3ccc4c(c3)OCO4)on2)CC1. The predicted molar refractivity (Wildman–Crippen MR) is 99.4 cm³/mol. The highest BCUT2D eigenvalue weighted by atomic mass is 16.7. The van der Waals surface area contributed by atoms with Crippen LogP contribution in [0.15, 0.2) is 28.8 Å². The van der Waals surface area contributed by atoms with Gasteiger partial charge < -0.3 is 28.4 Å². The molecular formula is C21H22N2O6. The van der Waals surface area contributed by atoms with Crippen LogP contribution in [0.5, 0.6) is 11.5 Å². The summed E-state index contributed by atoms with van der Waals surface area (Å²) >= 11 is 0. The van der Waals surface area contributed by atoms with E-state index in [1.165, 1.54) is 0 Å². The fraction of sp³-hybridized carbons (Fsp3) is 0.524. The molecule has 152 valence electrons. The van der Waals surface area contributed by atoms with Crippen molar-refractivity contribution in [2.75, 3.05) is 33.1 Å². The molecule has 0 bridgehead atoms. The van der Waals surface area contributed by atoms with Crippen LogP contribution in [-0.4, -0.2) is 54.8 Å². The third-order valence-electron chi connectivity index (χ3n) is 6.44. The molecule has 4 aliphatic rings. The number of ether oxygens (including phenoxy) is 4. The molecule has 1 aromatic heterocycles. The van der Waals surface area contributed by atoms with Crippen LogP contribution in [0, 0.1) is 0 Å². The first-order valence-corrected chi connectivity index (χ1v) is 10.1. The van der Waals surface area contributed by atoms with E-state index in [4.69, 9.17) is 23.5 Å². The highest BCUT2D eigenvalue weighted by Crippen LogP contribution is 2.50. The van der Waals surface area contributed by atoms with Gasteiger partial charge in [-0.15, -0.1) is 0 Å². The minimum absolute atomic E-state index is 0.135. The number of hydrogen-bond acceptors (Lipinski definition) is 7. The van der Waals surface area contributed by atoms with E-state index >= 15 is 0 Å². The van der Waals surface area contributed by atoms with Crippen LogP contribution < -0.4 is 9.47 Å². The van der Waals surface area contributed by atoms with Crippen molar-refractivity contribution in [1.82, 2.24) is 10.1 Å². The lowest BCUT2D eigenvalue weighted by atomic mass is 9.96. The molecule has 1 saturated carbocycles. The summed E-state index contributed by atoms with van der Waals surface area (Å²) in [5.41, 5.74) is 1.01. The fourth-order valence-electron chi connectivity index (χ4n) is 4.53. The van der Waals surface area contributed by atoms with Gasteiger partial charge in [0.1, 0.15) is 0 Å². The van der Waals surface area contributed by atoms with Gasteiger partial charge in [-0.3, -0.25) is 4.79 Å². The maximum Gasteiger partial charge on any atom is 0.234 e. The highest BCUT2D eigenvalue weighted by molar-refractivity contribution is 5.91. The first-order valence-electron chi connectivity index (χ1n) is 10.1. The second-order valence-electron chi connectivity index (χ2n) is 8.13. The zero-order valence-electron chi connectivity index (χ0n) is 16.0. The number of hydrogen-bond donors (Lipinski definition) is 0. The first-order chi connectivity index (χ1) is 14.2. The molecule has 2 aromatic rings. The number of fused-ring (bicyclic) bond motifs is 1. The molecule has 3 fully saturated rings. The third kappa shape index (κ3) is 2.73. The summed E-state index contributed by atoms with van der Waals surface area (Å²) in [4.78, 5) is 15.2. The van der Waals surface area contributed by atoms with E-state index in [0.717, 1.165) is 37.0 Å². The molecule has 0 unspecified atom stereocenters. The summed E-state index contributed by atoms with van der Waals surface area (Å²) in [6.45, 7) is 2.80. The Morgan fingerprint density at radius 3 is 2.48 bits per heavy atom. The smallest absolute Gasteiger partial charge is 0.234 e. The number of benzene rings is 1. The van der Waals surface area contributed by atoms with Crippen LogP contribution in [0.3, 0.4) is 0 Å². The molecule has 0 radical (unpaired) electrons. The molecule has 3 aliphatic heterocycles. The molecule has 1 aromatic carbocycles. The molecule has 4 heterocycles. The Morgan fingerprint density at radius 1 is 0.966 bits per heavy atom. The average molecular weight is 398 g/mol. The van der Waals surface area contributed by atoms with Gasteiger partial charge in [0, 0.05) is 37.6 Å². The zero-order chi connectivity index (χ0) is 19.5. The summed E-state index contributed by atoms with van der Waals surface area (Å²) < 4.78 is 27.9. The second kappa shape index (κ2) is 6.21. The van der Waals surface area contributed by atoms with Crippen molar-refractivity contribution in [3.63, 3.8) is 0 Å². The molecule has 29 heavy (non-hydrogen) atoms. The van der Waals surface area contributed by atoms with E-state index in [9.17, 15) is 4.79 Å². The fourth-order valence-corrected chi connectivity index (χ4v) is 4.53. The van der Waals surface area contributed by atoms with Crippen LogP contribution in [0.25, 0.3) is 11.3 Å². The third-order valence-corrected chi connectivity index (χ3v) is 6.44. The Balaban J connectivity index is 1.20. The minimum Gasteiger partial charge on any atom is -0.454 e. The standard InChI is InChI=1S/C21H22N2O6/c24-19(23-7-5-21(6-8-23)27-9-10-28-21)20(3-4-20)18-12-16(29-22-18)14-1-2-15-17(11-14)26-13-25-15/h1-2,11-12H,3-10,13H2. The molecule has 6 rings (SSSR count). The van der Waals surface area contributed by atoms with Crippen molar-refractivity contribution in [1.29, 1.82) is 0 Å². The summed E-state index contributed by atoms with van der Waals surface area (Å²) in [6.07, 6.45) is 3.04. The van der Waals surface area contributed by atoms with Crippen molar-refractivity contribution in [2.45, 2.75) is 36.9 Å². The lowest BCUT2D eigenvalue weighted by molar-refractivity contribution is -0.188. The van der Waals surface area contributed by atoms with E-state index in [2.05, 4.69) is 5.16 Å². The Bertz CT molecular complexity index is 950. The lowest BCUT2D eigenvalue weighted by Gasteiger charge is -2.38. The van der Waals surface area contributed by atoms with Crippen molar-refractivity contribution >= 4 is 5.91 Å². The summed E-state index contributed by atoms with van der Waals surface area (Å²) in [5, 5.41) is 4.26. The van der Waals surface area contributed by atoms with Gasteiger partial charge in [0.25, 0.3) is 0 Å². The molecule has 8 nitrogen and oxygen atoms in total. The maximum absolute atomic E-state index is 13.3. The van der Waals surface area contributed by atoms with Gasteiger partial charge in [0.2, 0.25) is 12.7 Å². The van der Waals surface area contributed by atoms with E-state index < -0.39 is 11.2 Å². The van der Waals surface area contributed by atoms with E-state index in [-0.39, 0.29) is 12.7 Å². The summed E-state index contributed by atoms with van der Waals surface area (Å²) in [7, 11) is 0. The van der Waals surface area contributed by atoms with Crippen LogP contribution in [0.4, 0.5) is 0 Å². The van der Waals surface area contributed by atoms with Crippen LogP contribution in [-0.2, 0) is 19.7 Å². The number of carbonyl (C=O) groups excluding carboxylic acids is 1. The van der Waals surface area contributed by atoms with Gasteiger partial charge in [-0.2, -0.15) is 0 Å². The lowest BCUT2D eigenvalue weighted by Crippen LogP contribution is -2.50. The van der Waals surface area contributed by atoms with Gasteiger partial charge in [0.15, 0.2) is 23.0 Å². The number of piperidine rings is 1. The monoisotopic (exact) mass is 398 g/mol. The van der Waals surface area contributed by atoms with Crippen molar-refractivity contribution in [2.24, 2.45) is 0 Å². The van der Waals surface area contributed by atoms with E-state index in [1.54, 1.807) is 0 Å². The molecule has 1 aliphatic carbocycles. The normalized spacial score (nSPS) is 23.5. The van der Waals surface area contributed by atoms with Crippen LogP contribution >= 0.6 is 0 Å². The molecule has 0 N–H and O–H groups in total. The number of likely N-dealkylation sites (tertiary alicyclic amines) is 1. The molecule has 2 saturated heterocycles.